The van der Waals surface area contributed by atoms with Crippen LogP contribution >= 0.6 is 0 Å². The number of ether oxygens (including phenoxy) is 1. The molecule has 14 heavy (non-hydrogen) atoms. The van der Waals surface area contributed by atoms with Crippen LogP contribution in [0.3, 0.4) is 0 Å². The summed E-state index contributed by atoms with van der Waals surface area (Å²) in [6, 6.07) is 9.77. The Morgan fingerprint density at radius 1 is 1.07 bits per heavy atom. The van der Waals surface area contributed by atoms with Gasteiger partial charge in [0.25, 0.3) is 0 Å². The van der Waals surface area contributed by atoms with Gasteiger partial charge in [0, 0.05) is 12.4 Å². The van der Waals surface area contributed by atoms with E-state index in [9.17, 15) is 0 Å². The third kappa shape index (κ3) is 2.29. The minimum Gasteiger partial charge on any atom is -0.464 e. The van der Waals surface area contributed by atoms with Crippen molar-refractivity contribution in [2.24, 2.45) is 0 Å². The average molecular weight is 185 g/mol. The molecule has 3 heteroatoms. The first-order valence-corrected chi connectivity index (χ1v) is 4.26. The molecular weight excluding hydrogens is 176 g/mol. The van der Waals surface area contributed by atoms with Crippen LogP contribution in [0, 0.1) is 6.61 Å². The van der Waals surface area contributed by atoms with E-state index in [1.54, 1.807) is 25.2 Å². The minimum absolute atomic E-state index is 0.497. The van der Waals surface area contributed by atoms with Crippen molar-refractivity contribution in [1.82, 2.24) is 9.97 Å². The van der Waals surface area contributed by atoms with E-state index < -0.39 is 0 Å². The summed E-state index contributed by atoms with van der Waals surface area (Å²) in [6.45, 7) is 1.64. The Labute approximate surface area is 82.4 Å². The van der Waals surface area contributed by atoms with E-state index in [0.717, 1.165) is 5.56 Å². The van der Waals surface area contributed by atoms with Crippen molar-refractivity contribution in [2.45, 2.75) is 0 Å². The predicted octanol–water partition coefficient (Wildman–Crippen LogP) is 2.07. The van der Waals surface area contributed by atoms with Crippen molar-refractivity contribution in [3.05, 3.63) is 61.1 Å². The Morgan fingerprint density at radius 2 is 1.93 bits per heavy atom. The maximum Gasteiger partial charge on any atom is 0.233 e. The number of hydrogen-bond acceptors (Lipinski definition) is 3. The van der Waals surface area contributed by atoms with Crippen LogP contribution in [0.1, 0.15) is 5.56 Å². The van der Waals surface area contributed by atoms with E-state index in [0.29, 0.717) is 5.88 Å². The van der Waals surface area contributed by atoms with Crippen LogP contribution in [0.4, 0.5) is 0 Å². The predicted molar refractivity (Wildman–Crippen MR) is 52.5 cm³/mol. The largest absolute Gasteiger partial charge is 0.464 e. The lowest BCUT2D eigenvalue weighted by Crippen LogP contribution is -1.94. The van der Waals surface area contributed by atoms with Gasteiger partial charge in [-0.15, -0.1) is 0 Å². The van der Waals surface area contributed by atoms with Crippen molar-refractivity contribution in [1.29, 1.82) is 0 Å². The molecule has 2 aromatic rings. The van der Waals surface area contributed by atoms with Crippen molar-refractivity contribution in [3.63, 3.8) is 0 Å². The Balaban J connectivity index is 1.96. The molecule has 3 nitrogen and oxygen atoms in total. The fourth-order valence-electron chi connectivity index (χ4n) is 1.01. The first-order valence-electron chi connectivity index (χ1n) is 4.26. The molecule has 0 saturated carbocycles. The SMILES string of the molecule is [CH](Oc1cnccn1)c1ccccc1. The van der Waals surface area contributed by atoms with Crippen LogP contribution in [-0.4, -0.2) is 9.97 Å². The first-order chi connectivity index (χ1) is 6.95. The van der Waals surface area contributed by atoms with Crippen LogP contribution in [0.2, 0.25) is 0 Å². The molecule has 0 amide bonds. The summed E-state index contributed by atoms with van der Waals surface area (Å²) in [5.74, 6) is 0.497. The highest BCUT2D eigenvalue weighted by atomic mass is 16.5. The van der Waals surface area contributed by atoms with Gasteiger partial charge in [-0.1, -0.05) is 30.3 Å². The van der Waals surface area contributed by atoms with E-state index in [2.05, 4.69) is 9.97 Å². The molecule has 1 heterocycles. The van der Waals surface area contributed by atoms with Gasteiger partial charge in [-0.2, -0.15) is 0 Å². The van der Waals surface area contributed by atoms with Gasteiger partial charge in [-0.05, 0) is 5.56 Å². The van der Waals surface area contributed by atoms with E-state index in [4.69, 9.17) is 4.74 Å². The second kappa shape index (κ2) is 4.37. The van der Waals surface area contributed by atoms with Gasteiger partial charge < -0.3 is 4.74 Å². The molecule has 0 aliphatic carbocycles. The molecule has 0 unspecified atom stereocenters. The van der Waals surface area contributed by atoms with Gasteiger partial charge in [-0.25, -0.2) is 4.98 Å². The zero-order valence-electron chi connectivity index (χ0n) is 7.50. The summed E-state index contributed by atoms with van der Waals surface area (Å²) < 4.78 is 5.29. The van der Waals surface area contributed by atoms with Gasteiger partial charge in [0.05, 0.1) is 6.20 Å². The Morgan fingerprint density at radius 3 is 2.64 bits per heavy atom. The van der Waals surface area contributed by atoms with Gasteiger partial charge in [0.15, 0.2) is 6.61 Å². The Bertz CT molecular complexity index is 336. The lowest BCUT2D eigenvalue weighted by atomic mass is 10.2. The summed E-state index contributed by atoms with van der Waals surface area (Å²) in [7, 11) is 0. The van der Waals surface area contributed by atoms with E-state index in [1.807, 2.05) is 30.3 Å². The molecule has 0 spiro atoms. The van der Waals surface area contributed by atoms with Gasteiger partial charge >= 0.3 is 0 Å². The fraction of sp³-hybridized carbons (Fsp3) is 0. The van der Waals surface area contributed by atoms with Crippen molar-refractivity contribution >= 4 is 0 Å². The molecule has 0 saturated heterocycles. The molecule has 0 N–H and O–H groups in total. The number of benzene rings is 1. The number of rotatable bonds is 3. The van der Waals surface area contributed by atoms with Crippen LogP contribution in [0.25, 0.3) is 0 Å². The molecule has 0 aliphatic rings. The highest BCUT2D eigenvalue weighted by molar-refractivity contribution is 5.21. The number of nitrogens with zero attached hydrogens (tertiary/aromatic N) is 2. The normalized spacial score (nSPS) is 9.71. The van der Waals surface area contributed by atoms with E-state index >= 15 is 0 Å². The molecule has 0 aliphatic heterocycles. The monoisotopic (exact) mass is 185 g/mol. The summed E-state index contributed by atoms with van der Waals surface area (Å²) in [5, 5.41) is 0. The molecule has 0 bridgehead atoms. The van der Waals surface area contributed by atoms with Gasteiger partial charge in [0.1, 0.15) is 0 Å². The topological polar surface area (TPSA) is 35.0 Å². The van der Waals surface area contributed by atoms with Crippen molar-refractivity contribution in [3.8, 4) is 5.88 Å². The summed E-state index contributed by atoms with van der Waals surface area (Å²) >= 11 is 0. The van der Waals surface area contributed by atoms with Crippen LogP contribution in [-0.2, 0) is 0 Å². The average Bonchev–Trinajstić information content (AvgIpc) is 2.29. The molecule has 1 radical (unpaired) electrons. The minimum atomic E-state index is 0.497. The van der Waals surface area contributed by atoms with Gasteiger partial charge in [-0.3, -0.25) is 4.98 Å². The molecule has 1 aromatic carbocycles. The van der Waals surface area contributed by atoms with Crippen molar-refractivity contribution < 1.29 is 4.74 Å². The molecule has 69 valence electrons. The third-order valence-corrected chi connectivity index (χ3v) is 1.65. The second-order valence-corrected chi connectivity index (χ2v) is 2.69. The highest BCUT2D eigenvalue weighted by Crippen LogP contribution is 2.07. The van der Waals surface area contributed by atoms with Crippen molar-refractivity contribution in [2.75, 3.05) is 0 Å². The summed E-state index contributed by atoms with van der Waals surface area (Å²) in [5.41, 5.74) is 0.998. The molecular formula is C11H9N2O. The molecule has 1 aromatic heterocycles. The Hall–Kier alpha value is -1.90. The summed E-state index contributed by atoms with van der Waals surface area (Å²) in [6.07, 6.45) is 4.77. The lowest BCUT2D eigenvalue weighted by Gasteiger charge is -2.02. The molecule has 2 rings (SSSR count). The van der Waals surface area contributed by atoms with Crippen LogP contribution in [0.15, 0.2) is 48.9 Å². The van der Waals surface area contributed by atoms with E-state index in [-0.39, 0.29) is 0 Å². The number of aromatic nitrogens is 2. The van der Waals surface area contributed by atoms with Crippen LogP contribution in [0.5, 0.6) is 5.88 Å². The van der Waals surface area contributed by atoms with Gasteiger partial charge in [0.2, 0.25) is 5.88 Å². The smallest absolute Gasteiger partial charge is 0.233 e. The fourth-order valence-corrected chi connectivity index (χ4v) is 1.01. The maximum absolute atomic E-state index is 5.29. The zero-order chi connectivity index (χ0) is 9.64. The quantitative estimate of drug-likeness (QED) is 0.734. The summed E-state index contributed by atoms with van der Waals surface area (Å²) in [4.78, 5) is 7.87. The zero-order valence-corrected chi connectivity index (χ0v) is 7.50. The lowest BCUT2D eigenvalue weighted by molar-refractivity contribution is 0.409. The van der Waals surface area contributed by atoms with E-state index in [1.165, 1.54) is 0 Å². The third-order valence-electron chi connectivity index (χ3n) is 1.65. The standard InChI is InChI=1S/C11H9N2O/c1-2-4-10(5-3-1)9-14-11-8-12-6-7-13-11/h1-9H. The maximum atomic E-state index is 5.29. The molecule has 0 fully saturated rings. The Kier molecular flexibility index (Phi) is 2.71. The molecule has 0 atom stereocenters. The number of hydrogen-bond donors (Lipinski definition) is 0. The first kappa shape index (κ1) is 8.69. The highest BCUT2D eigenvalue weighted by Gasteiger charge is 1.95. The van der Waals surface area contributed by atoms with Crippen LogP contribution < -0.4 is 4.74 Å². The second-order valence-electron chi connectivity index (χ2n) is 2.69.